The molecule has 1 amide bonds. The van der Waals surface area contributed by atoms with Gasteiger partial charge in [-0.15, -0.1) is 0 Å². The average molecular weight is 370 g/mol. The summed E-state index contributed by atoms with van der Waals surface area (Å²) >= 11 is 0. The van der Waals surface area contributed by atoms with Gasteiger partial charge in [-0.05, 0) is 38.1 Å². The van der Waals surface area contributed by atoms with Crippen LogP contribution in [-0.4, -0.2) is 40.8 Å². The number of ether oxygens (including phenoxy) is 2. The summed E-state index contributed by atoms with van der Waals surface area (Å²) in [7, 11) is 0. The minimum Gasteiger partial charge on any atom is -0.494 e. The quantitative estimate of drug-likeness (QED) is 0.366. The van der Waals surface area contributed by atoms with Gasteiger partial charge in [0.2, 0.25) is 5.71 Å². The fourth-order valence-electron chi connectivity index (χ4n) is 1.96. The lowest BCUT2D eigenvalue weighted by molar-refractivity contribution is -0.110. The molecule has 140 valence electrons. The van der Waals surface area contributed by atoms with E-state index in [0.717, 1.165) is 0 Å². The van der Waals surface area contributed by atoms with Crippen molar-refractivity contribution in [2.75, 3.05) is 24.0 Å². The van der Waals surface area contributed by atoms with Gasteiger partial charge in [-0.2, -0.15) is 10.4 Å². The molecule has 1 aromatic heterocycles. The maximum absolute atomic E-state index is 12.2. The fraction of sp³-hybridized carbons (Fsp3) is 0.235. The third-order valence-corrected chi connectivity index (χ3v) is 3.14. The van der Waals surface area contributed by atoms with Crippen LogP contribution in [0.3, 0.4) is 0 Å². The Hall–Kier alpha value is -3.87. The second-order valence-corrected chi connectivity index (χ2v) is 4.94. The minimum absolute atomic E-state index is 0.0322. The minimum atomic E-state index is -0.720. The normalized spacial score (nSPS) is 10.6. The van der Waals surface area contributed by atoms with E-state index in [1.807, 2.05) is 6.92 Å². The van der Waals surface area contributed by atoms with Crippen molar-refractivity contribution in [3.05, 3.63) is 36.3 Å². The highest BCUT2D eigenvalue weighted by atomic mass is 16.5. The number of rotatable bonds is 8. The molecule has 0 radical (unpaired) electrons. The largest absolute Gasteiger partial charge is 0.494 e. The Morgan fingerprint density at radius 2 is 2.00 bits per heavy atom. The summed E-state index contributed by atoms with van der Waals surface area (Å²) in [4.78, 5) is 30.4. The molecule has 0 spiro atoms. The summed E-state index contributed by atoms with van der Waals surface area (Å²) in [6.45, 7) is 4.25. The molecular weight excluding hydrogens is 352 g/mol. The predicted molar refractivity (Wildman–Crippen MR) is 97.5 cm³/mol. The van der Waals surface area contributed by atoms with Crippen LogP contribution in [0.1, 0.15) is 24.3 Å². The molecule has 10 heteroatoms. The number of aromatic amines is 1. The Kier molecular flexibility index (Phi) is 6.90. The van der Waals surface area contributed by atoms with Gasteiger partial charge in [0.15, 0.2) is 11.5 Å². The lowest BCUT2D eigenvalue weighted by Crippen LogP contribution is -2.22. The maximum Gasteiger partial charge on any atom is 0.358 e. The van der Waals surface area contributed by atoms with E-state index >= 15 is 0 Å². The SMILES string of the molecule is CCOC(=O)c1[nH]cnc1NN=C(C#N)C(=O)Nc1ccc(OCC)cc1. The number of nitrogens with zero attached hydrogens (tertiary/aromatic N) is 3. The van der Waals surface area contributed by atoms with Crippen LogP contribution < -0.4 is 15.5 Å². The molecule has 3 N–H and O–H groups in total. The van der Waals surface area contributed by atoms with E-state index in [0.29, 0.717) is 18.0 Å². The first kappa shape index (κ1) is 19.5. The van der Waals surface area contributed by atoms with E-state index in [4.69, 9.17) is 14.7 Å². The molecule has 0 saturated heterocycles. The van der Waals surface area contributed by atoms with E-state index in [1.165, 1.54) is 6.33 Å². The second kappa shape index (κ2) is 9.57. The smallest absolute Gasteiger partial charge is 0.358 e. The number of nitriles is 1. The average Bonchev–Trinajstić information content (AvgIpc) is 3.13. The number of amides is 1. The topological polar surface area (TPSA) is 141 Å². The Bertz CT molecular complexity index is 866. The fourth-order valence-corrected chi connectivity index (χ4v) is 1.96. The Balaban J connectivity index is 2.05. The van der Waals surface area contributed by atoms with Gasteiger partial charge in [-0.3, -0.25) is 10.2 Å². The Morgan fingerprint density at radius 3 is 2.63 bits per heavy atom. The standard InChI is InChI=1S/C17H18N6O4/c1-3-26-12-7-5-11(6-8-12)21-16(24)13(9-18)22-23-15-14(19-10-20-15)17(25)27-4-2/h5-8,10,23H,3-4H2,1-2H3,(H,19,20)(H,21,24). The number of anilines is 2. The molecule has 1 heterocycles. The van der Waals surface area contributed by atoms with Gasteiger partial charge < -0.3 is 19.8 Å². The number of carbonyl (C=O) groups excluding carboxylic acids is 2. The number of aromatic nitrogens is 2. The van der Waals surface area contributed by atoms with Gasteiger partial charge in [-0.25, -0.2) is 9.78 Å². The summed E-state index contributed by atoms with van der Waals surface area (Å²) in [6, 6.07) is 8.34. The van der Waals surface area contributed by atoms with Crippen molar-refractivity contribution in [3.8, 4) is 11.8 Å². The van der Waals surface area contributed by atoms with Gasteiger partial charge in [0.05, 0.1) is 19.5 Å². The molecule has 0 unspecified atom stereocenters. The molecule has 0 aliphatic carbocycles. The number of H-pyrrole nitrogens is 1. The molecule has 2 aromatic rings. The number of benzene rings is 1. The summed E-state index contributed by atoms with van der Waals surface area (Å²) in [6.07, 6.45) is 1.26. The van der Waals surface area contributed by atoms with Crippen LogP contribution in [0.4, 0.5) is 11.5 Å². The molecule has 0 atom stereocenters. The highest BCUT2D eigenvalue weighted by molar-refractivity contribution is 6.48. The number of esters is 1. The zero-order valence-corrected chi connectivity index (χ0v) is 14.8. The number of imidazole rings is 1. The Morgan fingerprint density at radius 1 is 1.26 bits per heavy atom. The number of carbonyl (C=O) groups is 2. The van der Waals surface area contributed by atoms with E-state index in [9.17, 15) is 9.59 Å². The lowest BCUT2D eigenvalue weighted by atomic mass is 10.3. The Labute approximate surface area is 155 Å². The molecule has 2 rings (SSSR count). The zero-order valence-electron chi connectivity index (χ0n) is 14.8. The molecule has 1 aromatic carbocycles. The van der Waals surface area contributed by atoms with Gasteiger partial charge in [-0.1, -0.05) is 0 Å². The van der Waals surface area contributed by atoms with Crippen molar-refractivity contribution in [1.29, 1.82) is 5.26 Å². The van der Waals surface area contributed by atoms with Crippen LogP contribution in [0, 0.1) is 11.3 Å². The summed E-state index contributed by atoms with van der Waals surface area (Å²) in [5.41, 5.74) is 2.48. The summed E-state index contributed by atoms with van der Waals surface area (Å²) in [5.74, 6) is -0.654. The second-order valence-electron chi connectivity index (χ2n) is 4.94. The van der Waals surface area contributed by atoms with Crippen LogP contribution in [0.2, 0.25) is 0 Å². The number of hydrogen-bond acceptors (Lipinski definition) is 8. The summed E-state index contributed by atoms with van der Waals surface area (Å²) in [5, 5.41) is 15.4. The van der Waals surface area contributed by atoms with E-state index in [1.54, 1.807) is 37.3 Å². The van der Waals surface area contributed by atoms with Gasteiger partial charge >= 0.3 is 5.97 Å². The van der Waals surface area contributed by atoms with Crippen LogP contribution in [0.5, 0.6) is 5.75 Å². The van der Waals surface area contributed by atoms with E-state index in [-0.39, 0.29) is 18.1 Å². The van der Waals surface area contributed by atoms with Crippen molar-refractivity contribution in [1.82, 2.24) is 9.97 Å². The third kappa shape index (κ3) is 5.30. The predicted octanol–water partition coefficient (Wildman–Crippen LogP) is 1.92. The van der Waals surface area contributed by atoms with E-state index < -0.39 is 17.6 Å². The highest BCUT2D eigenvalue weighted by Crippen LogP contribution is 2.16. The van der Waals surface area contributed by atoms with E-state index in [2.05, 4.69) is 25.8 Å². The van der Waals surface area contributed by atoms with Crippen molar-refractivity contribution in [3.63, 3.8) is 0 Å². The first-order valence-electron chi connectivity index (χ1n) is 8.07. The van der Waals surface area contributed by atoms with Crippen molar-refractivity contribution in [2.24, 2.45) is 5.10 Å². The number of hydrogen-bond donors (Lipinski definition) is 3. The number of nitrogens with one attached hydrogen (secondary N) is 3. The molecule has 0 bridgehead atoms. The van der Waals surface area contributed by atoms with Gasteiger partial charge in [0.1, 0.15) is 11.8 Å². The highest BCUT2D eigenvalue weighted by Gasteiger charge is 2.17. The lowest BCUT2D eigenvalue weighted by Gasteiger charge is -2.06. The summed E-state index contributed by atoms with van der Waals surface area (Å²) < 4.78 is 10.2. The van der Waals surface area contributed by atoms with Crippen molar-refractivity contribution >= 4 is 29.1 Å². The van der Waals surface area contributed by atoms with Crippen LogP contribution >= 0.6 is 0 Å². The van der Waals surface area contributed by atoms with Crippen molar-refractivity contribution < 1.29 is 19.1 Å². The first-order valence-corrected chi connectivity index (χ1v) is 8.07. The molecule has 0 saturated carbocycles. The van der Waals surface area contributed by atoms with Crippen molar-refractivity contribution in [2.45, 2.75) is 13.8 Å². The monoisotopic (exact) mass is 370 g/mol. The van der Waals surface area contributed by atoms with Crippen LogP contribution in [-0.2, 0) is 9.53 Å². The first-order chi connectivity index (χ1) is 13.1. The van der Waals surface area contributed by atoms with Crippen LogP contribution in [0.15, 0.2) is 35.7 Å². The van der Waals surface area contributed by atoms with Crippen LogP contribution in [0.25, 0.3) is 0 Å². The third-order valence-electron chi connectivity index (χ3n) is 3.14. The molecule has 0 fully saturated rings. The molecule has 10 nitrogen and oxygen atoms in total. The number of hydrazone groups is 1. The van der Waals surface area contributed by atoms with Gasteiger partial charge in [0, 0.05) is 5.69 Å². The maximum atomic E-state index is 12.2. The zero-order chi connectivity index (χ0) is 19.6. The molecule has 0 aliphatic rings. The molecule has 27 heavy (non-hydrogen) atoms. The molecular formula is C17H18N6O4. The van der Waals surface area contributed by atoms with Gasteiger partial charge in [0.25, 0.3) is 5.91 Å². The molecule has 0 aliphatic heterocycles.